The van der Waals surface area contributed by atoms with Gasteiger partial charge in [-0.05, 0) is 30.7 Å². The van der Waals surface area contributed by atoms with Crippen LogP contribution in [0, 0.1) is 27.2 Å². The van der Waals surface area contributed by atoms with Gasteiger partial charge in [-0.25, -0.2) is 0 Å². The third kappa shape index (κ3) is 4.99. The number of nitro benzene ring substituents is 2. The van der Waals surface area contributed by atoms with Crippen molar-refractivity contribution in [2.75, 3.05) is 6.61 Å². The molecular formula is C16H14N2O7. The Morgan fingerprint density at radius 1 is 1.00 bits per heavy atom. The summed E-state index contributed by atoms with van der Waals surface area (Å²) in [6, 6.07) is 9.44. The number of nitrogens with zero attached hydrogens (tertiary/aromatic N) is 2. The van der Waals surface area contributed by atoms with Gasteiger partial charge in [0, 0.05) is 18.2 Å². The molecule has 0 saturated heterocycles. The minimum atomic E-state index is -0.606. The molecule has 0 atom stereocenters. The van der Waals surface area contributed by atoms with Crippen molar-refractivity contribution in [3.8, 4) is 11.5 Å². The minimum absolute atomic E-state index is 0.00458. The van der Waals surface area contributed by atoms with Crippen LogP contribution in [0.1, 0.15) is 12.0 Å². The van der Waals surface area contributed by atoms with Crippen molar-refractivity contribution in [2.24, 2.45) is 0 Å². The van der Waals surface area contributed by atoms with E-state index in [1.807, 2.05) is 0 Å². The molecule has 0 aliphatic carbocycles. The van der Waals surface area contributed by atoms with Gasteiger partial charge in [-0.3, -0.25) is 25.0 Å². The third-order valence-corrected chi connectivity index (χ3v) is 3.23. The van der Waals surface area contributed by atoms with E-state index in [0.717, 1.165) is 0 Å². The van der Waals surface area contributed by atoms with Gasteiger partial charge in [0.05, 0.1) is 28.9 Å². The fourth-order valence-corrected chi connectivity index (χ4v) is 1.90. The zero-order chi connectivity index (χ0) is 18.4. The molecular weight excluding hydrogens is 332 g/mol. The van der Waals surface area contributed by atoms with Crippen LogP contribution in [0.3, 0.4) is 0 Å². The topological polar surface area (TPSA) is 122 Å². The maximum atomic E-state index is 11.8. The van der Waals surface area contributed by atoms with Crippen LogP contribution in [0.25, 0.3) is 0 Å². The fraction of sp³-hybridized carbons (Fsp3) is 0.188. The Hall–Kier alpha value is -3.49. The van der Waals surface area contributed by atoms with Crippen LogP contribution in [0.4, 0.5) is 11.4 Å². The van der Waals surface area contributed by atoms with Gasteiger partial charge in [0.2, 0.25) is 0 Å². The van der Waals surface area contributed by atoms with Crippen LogP contribution in [0.15, 0.2) is 42.5 Å². The van der Waals surface area contributed by atoms with Crippen LogP contribution < -0.4 is 9.47 Å². The highest BCUT2D eigenvalue weighted by atomic mass is 16.6. The Balaban J connectivity index is 1.87. The lowest BCUT2D eigenvalue weighted by molar-refractivity contribution is -0.385. The van der Waals surface area contributed by atoms with Crippen molar-refractivity contribution in [2.45, 2.75) is 13.3 Å². The summed E-state index contributed by atoms with van der Waals surface area (Å²) in [7, 11) is 0. The van der Waals surface area contributed by atoms with Crippen molar-refractivity contribution < 1.29 is 24.1 Å². The average molecular weight is 346 g/mol. The number of benzene rings is 2. The van der Waals surface area contributed by atoms with E-state index in [-0.39, 0.29) is 30.2 Å². The van der Waals surface area contributed by atoms with E-state index >= 15 is 0 Å². The standard InChI is InChI=1S/C16H14N2O7/c1-11-2-3-13(18(22)23)10-15(11)25-16(19)8-9-24-14-6-4-12(5-7-14)17(20)21/h2-7,10H,8-9H2,1H3. The predicted octanol–water partition coefficient (Wildman–Crippen LogP) is 3.19. The number of carbonyl (C=O) groups is 1. The highest BCUT2D eigenvalue weighted by molar-refractivity contribution is 5.73. The Morgan fingerprint density at radius 2 is 1.60 bits per heavy atom. The Bertz CT molecular complexity index is 803. The highest BCUT2D eigenvalue weighted by Gasteiger charge is 2.13. The van der Waals surface area contributed by atoms with Gasteiger partial charge < -0.3 is 9.47 Å². The molecule has 0 aromatic heterocycles. The molecule has 0 bridgehead atoms. The number of esters is 1. The average Bonchev–Trinajstić information content (AvgIpc) is 2.57. The molecule has 0 heterocycles. The normalized spacial score (nSPS) is 10.1. The summed E-state index contributed by atoms with van der Waals surface area (Å²) in [4.78, 5) is 32.0. The number of rotatable bonds is 7. The van der Waals surface area contributed by atoms with Crippen LogP contribution in [-0.4, -0.2) is 22.4 Å². The van der Waals surface area contributed by atoms with Gasteiger partial charge in [-0.15, -0.1) is 0 Å². The molecule has 0 fully saturated rings. The number of hydrogen-bond acceptors (Lipinski definition) is 7. The van der Waals surface area contributed by atoms with E-state index in [9.17, 15) is 25.0 Å². The molecule has 2 aromatic carbocycles. The SMILES string of the molecule is Cc1ccc([N+](=O)[O-])cc1OC(=O)CCOc1ccc([N+](=O)[O-])cc1. The van der Waals surface area contributed by atoms with Crippen LogP contribution in [-0.2, 0) is 4.79 Å². The first kappa shape index (κ1) is 17.9. The van der Waals surface area contributed by atoms with E-state index in [4.69, 9.17) is 9.47 Å². The first-order chi connectivity index (χ1) is 11.9. The van der Waals surface area contributed by atoms with Crippen molar-refractivity contribution >= 4 is 17.3 Å². The second kappa shape index (κ2) is 7.86. The summed E-state index contributed by atoms with van der Waals surface area (Å²) in [5.41, 5.74) is 0.360. The van der Waals surface area contributed by atoms with E-state index in [2.05, 4.69) is 0 Å². The van der Waals surface area contributed by atoms with Crippen LogP contribution in [0.5, 0.6) is 11.5 Å². The monoisotopic (exact) mass is 346 g/mol. The lowest BCUT2D eigenvalue weighted by Crippen LogP contribution is -2.13. The van der Waals surface area contributed by atoms with Crippen molar-refractivity contribution in [3.63, 3.8) is 0 Å². The smallest absolute Gasteiger partial charge is 0.314 e. The Morgan fingerprint density at radius 3 is 2.20 bits per heavy atom. The highest BCUT2D eigenvalue weighted by Crippen LogP contribution is 2.24. The molecule has 0 aliphatic heterocycles. The van der Waals surface area contributed by atoms with Crippen LogP contribution >= 0.6 is 0 Å². The predicted molar refractivity (Wildman–Crippen MR) is 86.7 cm³/mol. The lowest BCUT2D eigenvalue weighted by atomic mass is 10.2. The molecule has 2 aromatic rings. The summed E-state index contributed by atoms with van der Waals surface area (Å²) in [6.07, 6.45) is -0.0842. The summed E-state index contributed by atoms with van der Waals surface area (Å²) < 4.78 is 10.4. The summed E-state index contributed by atoms with van der Waals surface area (Å²) in [6.45, 7) is 1.67. The second-order valence-corrected chi connectivity index (χ2v) is 5.03. The number of nitro groups is 2. The molecule has 0 spiro atoms. The number of ether oxygens (including phenoxy) is 2. The molecule has 0 saturated carbocycles. The number of aryl methyl sites for hydroxylation is 1. The molecule has 9 nitrogen and oxygen atoms in total. The second-order valence-electron chi connectivity index (χ2n) is 5.03. The lowest BCUT2D eigenvalue weighted by Gasteiger charge is -2.08. The summed E-state index contributed by atoms with van der Waals surface area (Å²) in [5, 5.41) is 21.3. The van der Waals surface area contributed by atoms with Gasteiger partial charge in [0.15, 0.2) is 0 Å². The zero-order valence-electron chi connectivity index (χ0n) is 13.2. The number of carbonyl (C=O) groups excluding carboxylic acids is 1. The van der Waals surface area contributed by atoms with Crippen molar-refractivity contribution in [1.29, 1.82) is 0 Å². The number of non-ortho nitro benzene ring substituents is 2. The molecule has 0 N–H and O–H groups in total. The Labute approximate surface area is 142 Å². The molecule has 0 unspecified atom stereocenters. The van der Waals surface area contributed by atoms with E-state index < -0.39 is 15.8 Å². The van der Waals surface area contributed by atoms with Gasteiger partial charge in [0.1, 0.15) is 11.5 Å². The molecule has 130 valence electrons. The molecule has 0 radical (unpaired) electrons. The maximum Gasteiger partial charge on any atom is 0.314 e. The maximum absolute atomic E-state index is 11.8. The minimum Gasteiger partial charge on any atom is -0.493 e. The van der Waals surface area contributed by atoms with Crippen molar-refractivity contribution in [3.05, 3.63) is 68.3 Å². The summed E-state index contributed by atoms with van der Waals surface area (Å²) >= 11 is 0. The summed E-state index contributed by atoms with van der Waals surface area (Å²) in [5.74, 6) is -0.107. The molecule has 2 rings (SSSR count). The van der Waals surface area contributed by atoms with Gasteiger partial charge in [-0.2, -0.15) is 0 Å². The molecule has 0 aliphatic rings. The van der Waals surface area contributed by atoms with Crippen LogP contribution in [0.2, 0.25) is 0 Å². The van der Waals surface area contributed by atoms with Gasteiger partial charge >= 0.3 is 5.97 Å². The first-order valence-electron chi connectivity index (χ1n) is 7.20. The van der Waals surface area contributed by atoms with E-state index in [0.29, 0.717) is 11.3 Å². The number of hydrogen-bond donors (Lipinski definition) is 0. The van der Waals surface area contributed by atoms with Gasteiger partial charge in [0.25, 0.3) is 11.4 Å². The van der Waals surface area contributed by atoms with Gasteiger partial charge in [-0.1, -0.05) is 0 Å². The quantitative estimate of drug-likeness (QED) is 0.326. The molecule has 25 heavy (non-hydrogen) atoms. The first-order valence-corrected chi connectivity index (χ1v) is 7.20. The largest absolute Gasteiger partial charge is 0.493 e. The van der Waals surface area contributed by atoms with E-state index in [1.54, 1.807) is 6.92 Å². The Kier molecular flexibility index (Phi) is 5.62. The fourth-order valence-electron chi connectivity index (χ4n) is 1.90. The molecule has 0 amide bonds. The molecule has 9 heteroatoms. The van der Waals surface area contributed by atoms with E-state index in [1.165, 1.54) is 42.5 Å². The van der Waals surface area contributed by atoms with Crippen molar-refractivity contribution in [1.82, 2.24) is 0 Å². The third-order valence-electron chi connectivity index (χ3n) is 3.23. The zero-order valence-corrected chi connectivity index (χ0v) is 13.2.